The van der Waals surface area contributed by atoms with E-state index in [1.54, 1.807) is 18.2 Å². The molecule has 82 valence electrons. The number of hydrogen-bond donors (Lipinski definition) is 1. The molecule has 0 spiro atoms. The highest BCUT2D eigenvalue weighted by atomic mass is 16.1. The molecule has 0 aliphatic carbocycles. The summed E-state index contributed by atoms with van der Waals surface area (Å²) in [5, 5.41) is 0.550. The lowest BCUT2D eigenvalue weighted by Gasteiger charge is -2.04. The molecule has 1 heterocycles. The van der Waals surface area contributed by atoms with E-state index in [1.807, 2.05) is 6.07 Å². The third kappa shape index (κ3) is 1.93. The summed E-state index contributed by atoms with van der Waals surface area (Å²) in [5.74, 6) is -0.431. The van der Waals surface area contributed by atoms with Crippen molar-refractivity contribution in [1.29, 1.82) is 0 Å². The van der Waals surface area contributed by atoms with Gasteiger partial charge in [0, 0.05) is 13.0 Å². The van der Waals surface area contributed by atoms with Crippen molar-refractivity contribution in [2.24, 2.45) is 5.73 Å². The van der Waals surface area contributed by atoms with Gasteiger partial charge in [0.1, 0.15) is 0 Å². The number of amides is 1. The van der Waals surface area contributed by atoms with Crippen LogP contribution >= 0.6 is 0 Å². The van der Waals surface area contributed by atoms with E-state index in [0.29, 0.717) is 10.9 Å². The Hall–Kier alpha value is -2.17. The molecule has 1 aromatic heterocycles. The normalized spacial score (nSPS) is 10.5. The van der Waals surface area contributed by atoms with Gasteiger partial charge in [0.05, 0.1) is 17.2 Å². The van der Waals surface area contributed by atoms with Crippen LogP contribution in [0.1, 0.15) is 6.42 Å². The van der Waals surface area contributed by atoms with Gasteiger partial charge >= 0.3 is 0 Å². The molecule has 0 aliphatic heterocycles. The number of benzene rings is 1. The Morgan fingerprint density at radius 2 is 2.12 bits per heavy atom. The van der Waals surface area contributed by atoms with Gasteiger partial charge in [-0.1, -0.05) is 12.1 Å². The van der Waals surface area contributed by atoms with Crippen LogP contribution in [0.15, 0.2) is 35.4 Å². The second-order valence-corrected chi connectivity index (χ2v) is 3.48. The number of aromatic nitrogens is 2. The van der Waals surface area contributed by atoms with Crippen LogP contribution in [0.4, 0.5) is 0 Å². The third-order valence-corrected chi connectivity index (χ3v) is 2.33. The summed E-state index contributed by atoms with van der Waals surface area (Å²) in [6.45, 7) is 0.270. The Kier molecular flexibility index (Phi) is 2.68. The van der Waals surface area contributed by atoms with E-state index >= 15 is 0 Å². The molecule has 2 aromatic rings. The molecule has 0 saturated heterocycles. The first kappa shape index (κ1) is 10.4. The van der Waals surface area contributed by atoms with E-state index in [0.717, 1.165) is 0 Å². The fraction of sp³-hybridized carbons (Fsp3) is 0.182. The van der Waals surface area contributed by atoms with Crippen LogP contribution in [0.5, 0.6) is 0 Å². The van der Waals surface area contributed by atoms with Crippen LogP contribution in [0, 0.1) is 0 Å². The molecule has 0 bridgehead atoms. The number of rotatable bonds is 3. The summed E-state index contributed by atoms with van der Waals surface area (Å²) >= 11 is 0. The molecule has 0 unspecified atom stereocenters. The third-order valence-electron chi connectivity index (χ3n) is 2.33. The van der Waals surface area contributed by atoms with Crippen molar-refractivity contribution in [3.05, 3.63) is 40.9 Å². The van der Waals surface area contributed by atoms with Gasteiger partial charge in [-0.25, -0.2) is 4.98 Å². The number of carbonyl (C=O) groups is 1. The number of fused-ring (bicyclic) bond motifs is 1. The van der Waals surface area contributed by atoms with E-state index in [4.69, 9.17) is 5.73 Å². The Morgan fingerprint density at radius 1 is 1.38 bits per heavy atom. The van der Waals surface area contributed by atoms with Crippen molar-refractivity contribution in [1.82, 2.24) is 9.55 Å². The van der Waals surface area contributed by atoms with Gasteiger partial charge in [-0.3, -0.25) is 14.2 Å². The lowest BCUT2D eigenvalue weighted by atomic mass is 10.2. The van der Waals surface area contributed by atoms with Crippen LogP contribution in [0.2, 0.25) is 0 Å². The molecule has 0 saturated carbocycles. The van der Waals surface area contributed by atoms with E-state index in [2.05, 4.69) is 4.98 Å². The number of primary amides is 1. The first-order chi connectivity index (χ1) is 7.68. The minimum Gasteiger partial charge on any atom is -0.370 e. The molecule has 1 amide bonds. The Balaban J connectivity index is 2.45. The molecule has 0 fully saturated rings. The Morgan fingerprint density at radius 3 is 2.88 bits per heavy atom. The lowest BCUT2D eigenvalue weighted by Crippen LogP contribution is -2.23. The average Bonchev–Trinajstić information content (AvgIpc) is 2.28. The maximum Gasteiger partial charge on any atom is 0.261 e. The number of nitrogens with zero attached hydrogens (tertiary/aromatic N) is 2. The van der Waals surface area contributed by atoms with Gasteiger partial charge in [0.25, 0.3) is 5.56 Å². The number of carbonyl (C=O) groups excluding carboxylic acids is 1. The van der Waals surface area contributed by atoms with Gasteiger partial charge in [-0.15, -0.1) is 0 Å². The van der Waals surface area contributed by atoms with E-state index < -0.39 is 5.91 Å². The minimum atomic E-state index is -0.431. The summed E-state index contributed by atoms with van der Waals surface area (Å²) in [7, 11) is 0. The minimum absolute atomic E-state index is 0.139. The first-order valence-corrected chi connectivity index (χ1v) is 4.91. The highest BCUT2D eigenvalue weighted by Crippen LogP contribution is 2.04. The summed E-state index contributed by atoms with van der Waals surface area (Å²) < 4.78 is 1.40. The van der Waals surface area contributed by atoms with Crippen molar-refractivity contribution in [2.45, 2.75) is 13.0 Å². The summed E-state index contributed by atoms with van der Waals surface area (Å²) in [6, 6.07) is 7.09. The molecule has 0 aliphatic rings. The molecule has 0 atom stereocenters. The number of para-hydroxylation sites is 1. The summed E-state index contributed by atoms with van der Waals surface area (Å²) in [5.41, 5.74) is 5.54. The molecule has 5 nitrogen and oxygen atoms in total. The van der Waals surface area contributed by atoms with Crippen LogP contribution in [0.3, 0.4) is 0 Å². The van der Waals surface area contributed by atoms with Crippen LogP contribution < -0.4 is 11.3 Å². The van der Waals surface area contributed by atoms with Gasteiger partial charge < -0.3 is 5.73 Å². The standard InChI is InChI=1S/C11H11N3O2/c12-10(15)5-6-14-7-13-9-4-2-1-3-8(9)11(14)16/h1-4,7H,5-6H2,(H2,12,15). The lowest BCUT2D eigenvalue weighted by molar-refractivity contribution is -0.118. The maximum absolute atomic E-state index is 11.9. The highest BCUT2D eigenvalue weighted by Gasteiger charge is 2.03. The summed E-state index contributed by atoms with van der Waals surface area (Å²) in [4.78, 5) is 26.7. The average molecular weight is 217 g/mol. The Labute approximate surface area is 91.5 Å². The SMILES string of the molecule is NC(=O)CCn1cnc2ccccc2c1=O. The maximum atomic E-state index is 11.9. The Bertz CT molecular complexity index is 589. The topological polar surface area (TPSA) is 78.0 Å². The van der Waals surface area contributed by atoms with Crippen LogP contribution in [-0.2, 0) is 11.3 Å². The zero-order valence-electron chi connectivity index (χ0n) is 8.59. The summed E-state index contributed by atoms with van der Waals surface area (Å²) in [6.07, 6.45) is 1.58. The predicted molar refractivity (Wildman–Crippen MR) is 59.8 cm³/mol. The molecule has 1 aromatic carbocycles. The van der Waals surface area contributed by atoms with Crippen molar-refractivity contribution in [2.75, 3.05) is 0 Å². The quantitative estimate of drug-likeness (QED) is 0.801. The van der Waals surface area contributed by atoms with E-state index in [9.17, 15) is 9.59 Å². The number of hydrogen-bond acceptors (Lipinski definition) is 3. The smallest absolute Gasteiger partial charge is 0.261 e. The van der Waals surface area contributed by atoms with Crippen molar-refractivity contribution >= 4 is 16.8 Å². The zero-order valence-corrected chi connectivity index (χ0v) is 8.59. The van der Waals surface area contributed by atoms with E-state index in [-0.39, 0.29) is 18.5 Å². The molecule has 2 N–H and O–H groups in total. The van der Waals surface area contributed by atoms with Gasteiger partial charge in [0.2, 0.25) is 5.91 Å². The molecule has 16 heavy (non-hydrogen) atoms. The van der Waals surface area contributed by atoms with Gasteiger partial charge in [-0.2, -0.15) is 0 Å². The zero-order chi connectivity index (χ0) is 11.5. The first-order valence-electron chi connectivity index (χ1n) is 4.91. The van der Waals surface area contributed by atoms with Gasteiger partial charge in [0.15, 0.2) is 0 Å². The van der Waals surface area contributed by atoms with Gasteiger partial charge in [-0.05, 0) is 12.1 Å². The van der Waals surface area contributed by atoms with Crippen LogP contribution in [-0.4, -0.2) is 15.5 Å². The molecular formula is C11H11N3O2. The largest absolute Gasteiger partial charge is 0.370 e. The van der Waals surface area contributed by atoms with Crippen molar-refractivity contribution in [3.8, 4) is 0 Å². The highest BCUT2D eigenvalue weighted by molar-refractivity contribution is 5.77. The predicted octanol–water partition coefficient (Wildman–Crippen LogP) is 0.272. The second kappa shape index (κ2) is 4.14. The fourth-order valence-corrected chi connectivity index (χ4v) is 1.50. The second-order valence-electron chi connectivity index (χ2n) is 3.48. The molecular weight excluding hydrogens is 206 g/mol. The number of aryl methyl sites for hydroxylation is 1. The van der Waals surface area contributed by atoms with Crippen molar-refractivity contribution in [3.63, 3.8) is 0 Å². The van der Waals surface area contributed by atoms with Crippen LogP contribution in [0.25, 0.3) is 10.9 Å². The monoisotopic (exact) mass is 217 g/mol. The molecule has 5 heteroatoms. The van der Waals surface area contributed by atoms with E-state index in [1.165, 1.54) is 10.9 Å². The van der Waals surface area contributed by atoms with Crippen molar-refractivity contribution < 1.29 is 4.79 Å². The molecule has 0 radical (unpaired) electrons. The fourth-order valence-electron chi connectivity index (χ4n) is 1.50. The number of nitrogens with two attached hydrogens (primary N) is 1. The molecule has 2 rings (SSSR count).